The van der Waals surface area contributed by atoms with E-state index in [1.807, 2.05) is 30.3 Å². The number of rotatable bonds is 3. The highest BCUT2D eigenvalue weighted by molar-refractivity contribution is 6.30. The summed E-state index contributed by atoms with van der Waals surface area (Å²) in [6, 6.07) is 14.6. The molecule has 2 aromatic carbocycles. The SMILES string of the molecule is CC(O)(c1ccccc1)c1cc(Cl)ccc1NN. The molecule has 1 unspecified atom stereocenters. The first-order chi connectivity index (χ1) is 8.55. The number of anilines is 1. The number of halogens is 1. The van der Waals surface area contributed by atoms with Gasteiger partial charge in [-0.1, -0.05) is 41.9 Å². The molecular formula is C14H15ClN2O. The molecule has 0 amide bonds. The zero-order chi connectivity index (χ0) is 13.2. The Morgan fingerprint density at radius 2 is 1.83 bits per heavy atom. The molecule has 94 valence electrons. The van der Waals surface area contributed by atoms with Crippen molar-refractivity contribution in [1.29, 1.82) is 0 Å². The van der Waals surface area contributed by atoms with E-state index >= 15 is 0 Å². The van der Waals surface area contributed by atoms with Gasteiger partial charge in [0.2, 0.25) is 0 Å². The summed E-state index contributed by atoms with van der Waals surface area (Å²) < 4.78 is 0. The normalized spacial score (nSPS) is 14.0. The molecule has 0 radical (unpaired) electrons. The van der Waals surface area contributed by atoms with Crippen LogP contribution in [0.3, 0.4) is 0 Å². The van der Waals surface area contributed by atoms with Crippen LogP contribution in [-0.2, 0) is 5.60 Å². The maximum Gasteiger partial charge on any atom is 0.114 e. The van der Waals surface area contributed by atoms with Crippen molar-refractivity contribution in [3.63, 3.8) is 0 Å². The number of nitrogen functional groups attached to an aromatic ring is 1. The van der Waals surface area contributed by atoms with Gasteiger partial charge in [-0.3, -0.25) is 5.84 Å². The fraction of sp³-hybridized carbons (Fsp3) is 0.143. The van der Waals surface area contributed by atoms with Crippen molar-refractivity contribution >= 4 is 17.3 Å². The highest BCUT2D eigenvalue weighted by atomic mass is 35.5. The largest absolute Gasteiger partial charge is 0.381 e. The highest BCUT2D eigenvalue weighted by Crippen LogP contribution is 2.35. The Balaban J connectivity index is 2.56. The summed E-state index contributed by atoms with van der Waals surface area (Å²) in [5.41, 5.74) is 3.49. The number of benzene rings is 2. The predicted molar refractivity (Wildman–Crippen MR) is 74.4 cm³/mol. The summed E-state index contributed by atoms with van der Waals surface area (Å²) in [6.45, 7) is 1.72. The average Bonchev–Trinajstić information content (AvgIpc) is 2.39. The summed E-state index contributed by atoms with van der Waals surface area (Å²) in [5, 5.41) is 11.3. The van der Waals surface area contributed by atoms with Gasteiger partial charge in [0.1, 0.15) is 5.60 Å². The Hall–Kier alpha value is -1.55. The molecule has 0 spiro atoms. The smallest absolute Gasteiger partial charge is 0.114 e. The third-order valence-corrected chi connectivity index (χ3v) is 3.23. The molecule has 4 heteroatoms. The van der Waals surface area contributed by atoms with Crippen LogP contribution in [0.1, 0.15) is 18.1 Å². The Morgan fingerprint density at radius 3 is 2.44 bits per heavy atom. The lowest BCUT2D eigenvalue weighted by molar-refractivity contribution is 0.103. The van der Waals surface area contributed by atoms with Gasteiger partial charge in [-0.15, -0.1) is 0 Å². The summed E-state index contributed by atoms with van der Waals surface area (Å²) in [7, 11) is 0. The summed E-state index contributed by atoms with van der Waals surface area (Å²) >= 11 is 5.99. The number of aliphatic hydroxyl groups is 1. The zero-order valence-corrected chi connectivity index (χ0v) is 10.8. The number of hydrogen-bond acceptors (Lipinski definition) is 3. The van der Waals surface area contributed by atoms with Gasteiger partial charge in [-0.2, -0.15) is 0 Å². The molecule has 0 fully saturated rings. The van der Waals surface area contributed by atoms with Gasteiger partial charge in [0.05, 0.1) is 5.69 Å². The number of nitrogens with two attached hydrogens (primary N) is 1. The Kier molecular flexibility index (Phi) is 3.57. The molecule has 0 aliphatic carbocycles. The van der Waals surface area contributed by atoms with Crippen molar-refractivity contribution in [3.8, 4) is 0 Å². The quantitative estimate of drug-likeness (QED) is 0.589. The summed E-state index contributed by atoms with van der Waals surface area (Å²) in [4.78, 5) is 0. The van der Waals surface area contributed by atoms with Crippen molar-refractivity contribution in [1.82, 2.24) is 0 Å². The van der Waals surface area contributed by atoms with E-state index < -0.39 is 5.60 Å². The monoisotopic (exact) mass is 262 g/mol. The fourth-order valence-electron chi connectivity index (χ4n) is 1.96. The number of nitrogens with one attached hydrogen (secondary N) is 1. The molecule has 2 aromatic rings. The minimum atomic E-state index is -1.16. The third kappa shape index (κ3) is 2.34. The van der Waals surface area contributed by atoms with Crippen LogP contribution in [0.2, 0.25) is 5.02 Å². The van der Waals surface area contributed by atoms with Gasteiger partial charge in [-0.25, -0.2) is 0 Å². The lowest BCUT2D eigenvalue weighted by Gasteiger charge is -2.27. The first kappa shape index (κ1) is 12.9. The molecule has 0 aliphatic heterocycles. The van der Waals surface area contributed by atoms with Crippen molar-refractivity contribution in [2.45, 2.75) is 12.5 Å². The summed E-state index contributed by atoms with van der Waals surface area (Å²) in [5.74, 6) is 5.47. The molecule has 0 aliphatic rings. The van der Waals surface area contributed by atoms with Crippen LogP contribution < -0.4 is 11.3 Å². The van der Waals surface area contributed by atoms with Crippen LogP contribution in [0.5, 0.6) is 0 Å². The van der Waals surface area contributed by atoms with Crippen molar-refractivity contribution < 1.29 is 5.11 Å². The topological polar surface area (TPSA) is 58.3 Å². The van der Waals surface area contributed by atoms with Gasteiger partial charge in [0.15, 0.2) is 0 Å². The molecule has 4 N–H and O–H groups in total. The Bertz CT molecular complexity index is 541. The standard InChI is InChI=1S/C14H15ClN2O/c1-14(18,10-5-3-2-4-6-10)12-9-11(15)7-8-13(12)17-16/h2-9,17-18H,16H2,1H3. The second-order valence-corrected chi connectivity index (χ2v) is 4.71. The maximum absolute atomic E-state index is 10.7. The van der Waals surface area contributed by atoms with E-state index in [9.17, 15) is 5.11 Å². The molecular weight excluding hydrogens is 248 g/mol. The van der Waals surface area contributed by atoms with Crippen LogP contribution in [0.25, 0.3) is 0 Å². The molecule has 2 rings (SSSR count). The fourth-order valence-corrected chi connectivity index (χ4v) is 2.14. The third-order valence-electron chi connectivity index (χ3n) is 3.00. The van der Waals surface area contributed by atoms with Crippen LogP contribution in [0.4, 0.5) is 5.69 Å². The molecule has 1 atom stereocenters. The van der Waals surface area contributed by atoms with Gasteiger partial charge < -0.3 is 10.5 Å². The molecule has 0 aromatic heterocycles. The van der Waals surface area contributed by atoms with Gasteiger partial charge in [0, 0.05) is 10.6 Å². The maximum atomic E-state index is 10.7. The van der Waals surface area contributed by atoms with E-state index in [0.717, 1.165) is 5.56 Å². The molecule has 0 heterocycles. The van der Waals surface area contributed by atoms with E-state index in [1.54, 1.807) is 25.1 Å². The Labute approximate surface area is 111 Å². The number of hydrazine groups is 1. The van der Waals surface area contributed by atoms with E-state index in [0.29, 0.717) is 16.3 Å². The molecule has 18 heavy (non-hydrogen) atoms. The van der Waals surface area contributed by atoms with E-state index in [4.69, 9.17) is 17.4 Å². The molecule has 0 bridgehead atoms. The van der Waals surface area contributed by atoms with Crippen molar-refractivity contribution in [3.05, 3.63) is 64.7 Å². The first-order valence-electron chi connectivity index (χ1n) is 5.60. The van der Waals surface area contributed by atoms with Gasteiger partial charge >= 0.3 is 0 Å². The minimum Gasteiger partial charge on any atom is -0.381 e. The van der Waals surface area contributed by atoms with Crippen molar-refractivity contribution in [2.24, 2.45) is 5.84 Å². The van der Waals surface area contributed by atoms with Crippen LogP contribution in [0, 0.1) is 0 Å². The van der Waals surface area contributed by atoms with E-state index in [2.05, 4.69) is 5.43 Å². The average molecular weight is 263 g/mol. The molecule has 3 nitrogen and oxygen atoms in total. The Morgan fingerprint density at radius 1 is 1.17 bits per heavy atom. The van der Waals surface area contributed by atoms with Crippen molar-refractivity contribution in [2.75, 3.05) is 5.43 Å². The molecule has 0 saturated carbocycles. The van der Waals surface area contributed by atoms with E-state index in [1.165, 1.54) is 0 Å². The highest BCUT2D eigenvalue weighted by Gasteiger charge is 2.28. The minimum absolute atomic E-state index is 0.556. The second kappa shape index (κ2) is 4.98. The number of hydrogen-bond donors (Lipinski definition) is 3. The van der Waals surface area contributed by atoms with E-state index in [-0.39, 0.29) is 0 Å². The van der Waals surface area contributed by atoms with Crippen LogP contribution in [0.15, 0.2) is 48.5 Å². The lowest BCUT2D eigenvalue weighted by atomic mass is 9.87. The lowest BCUT2D eigenvalue weighted by Crippen LogP contribution is -2.25. The van der Waals surface area contributed by atoms with Gasteiger partial charge in [-0.05, 0) is 30.7 Å². The van der Waals surface area contributed by atoms with Crippen LogP contribution >= 0.6 is 11.6 Å². The first-order valence-corrected chi connectivity index (χ1v) is 5.98. The zero-order valence-electron chi connectivity index (χ0n) is 10.0. The second-order valence-electron chi connectivity index (χ2n) is 4.27. The van der Waals surface area contributed by atoms with Crippen LogP contribution in [-0.4, -0.2) is 5.11 Å². The van der Waals surface area contributed by atoms with Gasteiger partial charge in [0.25, 0.3) is 0 Å². The molecule has 0 saturated heterocycles. The summed E-state index contributed by atoms with van der Waals surface area (Å²) in [6.07, 6.45) is 0. The predicted octanol–water partition coefficient (Wildman–Crippen LogP) is 2.88.